The van der Waals surface area contributed by atoms with Crippen molar-refractivity contribution in [2.45, 2.75) is 50.8 Å². The number of sulfonamides is 1. The molecule has 0 aromatic carbocycles. The minimum Gasteiger partial charge on any atom is -0.389 e. The van der Waals surface area contributed by atoms with Crippen LogP contribution < -0.4 is 0 Å². The van der Waals surface area contributed by atoms with Gasteiger partial charge in [0.25, 0.3) is 10.0 Å². The maximum absolute atomic E-state index is 12.5. The smallest absolute Gasteiger partial charge is 0.262 e. The van der Waals surface area contributed by atoms with Crippen molar-refractivity contribution in [2.24, 2.45) is 0 Å². The van der Waals surface area contributed by atoms with E-state index >= 15 is 0 Å². The Morgan fingerprint density at radius 2 is 2.21 bits per heavy atom. The molecule has 108 valence electrons. The first-order chi connectivity index (χ1) is 8.76. The molecule has 1 atom stereocenters. The lowest BCUT2D eigenvalue weighted by atomic mass is 9.97. The van der Waals surface area contributed by atoms with Gasteiger partial charge in [0, 0.05) is 25.8 Å². The minimum atomic E-state index is -3.60. The van der Waals surface area contributed by atoms with Gasteiger partial charge >= 0.3 is 0 Å². The SMILES string of the molecule is CCn1cc(S(=O)(=O)N2CCCC(C)(O)C2)nc1C. The molecule has 2 heterocycles. The van der Waals surface area contributed by atoms with E-state index in [1.165, 1.54) is 4.31 Å². The molecular formula is C12H21N3O3S. The van der Waals surface area contributed by atoms with E-state index in [0.29, 0.717) is 31.8 Å². The zero-order chi connectivity index (χ0) is 14.3. The highest BCUT2D eigenvalue weighted by molar-refractivity contribution is 7.89. The van der Waals surface area contributed by atoms with Crippen LogP contribution in [0.25, 0.3) is 0 Å². The predicted molar refractivity (Wildman–Crippen MR) is 71.3 cm³/mol. The molecule has 6 nitrogen and oxygen atoms in total. The van der Waals surface area contributed by atoms with Crippen molar-refractivity contribution in [3.8, 4) is 0 Å². The summed E-state index contributed by atoms with van der Waals surface area (Å²) in [6, 6.07) is 0. The number of aliphatic hydroxyl groups is 1. The molecule has 7 heteroatoms. The lowest BCUT2D eigenvalue weighted by Gasteiger charge is -2.35. The largest absolute Gasteiger partial charge is 0.389 e. The Labute approximate surface area is 114 Å². The second kappa shape index (κ2) is 4.88. The fourth-order valence-electron chi connectivity index (χ4n) is 2.44. The molecule has 1 aromatic heterocycles. The average molecular weight is 287 g/mol. The number of rotatable bonds is 3. The number of hydrogen-bond donors (Lipinski definition) is 1. The van der Waals surface area contributed by atoms with Crippen molar-refractivity contribution in [3.63, 3.8) is 0 Å². The van der Waals surface area contributed by atoms with E-state index in [0.717, 1.165) is 0 Å². The van der Waals surface area contributed by atoms with Crippen LogP contribution in [0.4, 0.5) is 0 Å². The summed E-state index contributed by atoms with van der Waals surface area (Å²) in [5.74, 6) is 0.685. The minimum absolute atomic E-state index is 0.0737. The third-order valence-electron chi connectivity index (χ3n) is 3.54. The number of aryl methyl sites for hydroxylation is 2. The van der Waals surface area contributed by atoms with E-state index in [4.69, 9.17) is 0 Å². The van der Waals surface area contributed by atoms with Crippen molar-refractivity contribution in [3.05, 3.63) is 12.0 Å². The number of aromatic nitrogens is 2. The topological polar surface area (TPSA) is 75.4 Å². The molecule has 0 radical (unpaired) electrons. The Morgan fingerprint density at radius 1 is 1.53 bits per heavy atom. The molecule has 2 rings (SSSR count). The van der Waals surface area contributed by atoms with Gasteiger partial charge in [-0.15, -0.1) is 0 Å². The van der Waals surface area contributed by atoms with Crippen LogP contribution in [0.15, 0.2) is 11.2 Å². The Hall–Kier alpha value is -0.920. The predicted octanol–water partition coefficient (Wildman–Crippen LogP) is 0.747. The molecule has 1 aliphatic heterocycles. The highest BCUT2D eigenvalue weighted by Crippen LogP contribution is 2.25. The molecule has 0 aliphatic carbocycles. The van der Waals surface area contributed by atoms with Gasteiger partial charge in [0.15, 0.2) is 5.03 Å². The van der Waals surface area contributed by atoms with E-state index in [1.54, 1.807) is 24.6 Å². The summed E-state index contributed by atoms with van der Waals surface area (Å²) in [5, 5.41) is 10.1. The van der Waals surface area contributed by atoms with Gasteiger partial charge in [-0.05, 0) is 33.6 Å². The Balaban J connectivity index is 2.31. The third-order valence-corrected chi connectivity index (χ3v) is 5.26. The van der Waals surface area contributed by atoms with Crippen LogP contribution in [0, 0.1) is 6.92 Å². The summed E-state index contributed by atoms with van der Waals surface area (Å²) in [6.45, 7) is 6.66. The van der Waals surface area contributed by atoms with Gasteiger partial charge in [-0.2, -0.15) is 4.31 Å². The van der Waals surface area contributed by atoms with Crippen LogP contribution in [-0.2, 0) is 16.6 Å². The molecule has 0 saturated carbocycles. The molecule has 1 fully saturated rings. The fourth-order valence-corrected chi connectivity index (χ4v) is 4.03. The van der Waals surface area contributed by atoms with Crippen LogP contribution in [0.5, 0.6) is 0 Å². The highest BCUT2D eigenvalue weighted by atomic mass is 32.2. The first kappa shape index (κ1) is 14.5. The van der Waals surface area contributed by atoms with Crippen molar-refractivity contribution < 1.29 is 13.5 Å². The molecule has 1 N–H and O–H groups in total. The molecule has 0 bridgehead atoms. The Morgan fingerprint density at radius 3 is 2.74 bits per heavy atom. The second-order valence-electron chi connectivity index (χ2n) is 5.35. The number of nitrogens with zero attached hydrogens (tertiary/aromatic N) is 3. The number of β-amino-alcohol motifs (C(OH)–C–C–N with tert-alkyl or cyclic N) is 1. The van der Waals surface area contributed by atoms with Gasteiger partial charge in [0.1, 0.15) is 5.82 Å². The van der Waals surface area contributed by atoms with Crippen molar-refractivity contribution in [1.82, 2.24) is 13.9 Å². The fraction of sp³-hybridized carbons (Fsp3) is 0.750. The second-order valence-corrected chi connectivity index (χ2v) is 7.24. The van der Waals surface area contributed by atoms with Crippen LogP contribution in [0.1, 0.15) is 32.5 Å². The quantitative estimate of drug-likeness (QED) is 0.890. The van der Waals surface area contributed by atoms with Gasteiger partial charge in [0.2, 0.25) is 0 Å². The molecule has 0 amide bonds. The molecule has 1 aromatic rings. The number of piperidine rings is 1. The highest BCUT2D eigenvalue weighted by Gasteiger charge is 2.36. The molecular weight excluding hydrogens is 266 g/mol. The summed E-state index contributed by atoms with van der Waals surface area (Å²) in [5.41, 5.74) is -0.951. The maximum Gasteiger partial charge on any atom is 0.262 e. The monoisotopic (exact) mass is 287 g/mol. The molecule has 1 aliphatic rings. The standard InChI is InChI=1S/C12H21N3O3S/c1-4-14-8-11(13-10(14)2)19(17,18)15-7-5-6-12(3,16)9-15/h8,16H,4-7,9H2,1-3H3. The van der Waals surface area contributed by atoms with Crippen LogP contribution in [0.3, 0.4) is 0 Å². The van der Waals surface area contributed by atoms with E-state index in [1.807, 2.05) is 6.92 Å². The maximum atomic E-state index is 12.5. The van der Waals surface area contributed by atoms with Crippen LogP contribution in [-0.4, -0.2) is 46.1 Å². The summed E-state index contributed by atoms with van der Waals surface area (Å²) in [6.07, 6.45) is 2.86. The molecule has 1 saturated heterocycles. The lowest BCUT2D eigenvalue weighted by Crippen LogP contribution is -2.48. The summed E-state index contributed by atoms with van der Waals surface area (Å²) < 4.78 is 28.1. The van der Waals surface area contributed by atoms with Crippen molar-refractivity contribution in [2.75, 3.05) is 13.1 Å². The van der Waals surface area contributed by atoms with E-state index in [9.17, 15) is 13.5 Å². The van der Waals surface area contributed by atoms with Crippen LogP contribution in [0.2, 0.25) is 0 Å². The summed E-state index contributed by atoms with van der Waals surface area (Å²) in [4.78, 5) is 4.13. The average Bonchev–Trinajstić information content (AvgIpc) is 2.70. The molecule has 19 heavy (non-hydrogen) atoms. The molecule has 1 unspecified atom stereocenters. The van der Waals surface area contributed by atoms with Crippen LogP contribution >= 0.6 is 0 Å². The van der Waals surface area contributed by atoms with Crippen molar-refractivity contribution in [1.29, 1.82) is 0 Å². The zero-order valence-electron chi connectivity index (χ0n) is 11.6. The normalized spacial score (nSPS) is 25.7. The first-order valence-electron chi connectivity index (χ1n) is 6.52. The summed E-state index contributed by atoms with van der Waals surface area (Å²) >= 11 is 0. The van der Waals surface area contributed by atoms with Gasteiger partial charge < -0.3 is 9.67 Å². The lowest BCUT2D eigenvalue weighted by molar-refractivity contribution is 0.00934. The Bertz CT molecular complexity index is 563. The van der Waals surface area contributed by atoms with E-state index in [2.05, 4.69) is 4.98 Å². The van der Waals surface area contributed by atoms with Gasteiger partial charge in [-0.1, -0.05) is 0 Å². The first-order valence-corrected chi connectivity index (χ1v) is 7.96. The number of hydrogen-bond acceptors (Lipinski definition) is 4. The van der Waals surface area contributed by atoms with Gasteiger partial charge in [0.05, 0.1) is 5.60 Å². The Kier molecular flexibility index (Phi) is 3.72. The van der Waals surface area contributed by atoms with E-state index in [-0.39, 0.29) is 11.6 Å². The van der Waals surface area contributed by atoms with E-state index < -0.39 is 15.6 Å². The number of imidazole rings is 1. The molecule has 0 spiro atoms. The van der Waals surface area contributed by atoms with Crippen molar-refractivity contribution >= 4 is 10.0 Å². The van der Waals surface area contributed by atoms with Gasteiger partial charge in [-0.25, -0.2) is 13.4 Å². The third kappa shape index (κ3) is 2.82. The summed E-state index contributed by atoms with van der Waals surface area (Å²) in [7, 11) is -3.60. The van der Waals surface area contributed by atoms with Gasteiger partial charge in [-0.3, -0.25) is 0 Å². The zero-order valence-corrected chi connectivity index (χ0v) is 12.4.